The van der Waals surface area contributed by atoms with Crippen LogP contribution in [0.15, 0.2) is 42.5 Å². The molecule has 0 saturated carbocycles. The molecular formula is C21H24N2O4. The second-order valence-electron chi connectivity index (χ2n) is 5.88. The lowest BCUT2D eigenvalue weighted by Crippen LogP contribution is -2.28. The van der Waals surface area contributed by atoms with Gasteiger partial charge in [-0.1, -0.05) is 25.1 Å². The van der Waals surface area contributed by atoms with Crippen LogP contribution >= 0.6 is 0 Å². The van der Waals surface area contributed by atoms with E-state index in [9.17, 15) is 4.79 Å². The highest BCUT2D eigenvalue weighted by atomic mass is 16.5. The predicted octanol–water partition coefficient (Wildman–Crippen LogP) is 3.25. The van der Waals surface area contributed by atoms with Gasteiger partial charge in [-0.05, 0) is 41.8 Å². The van der Waals surface area contributed by atoms with E-state index in [1.807, 2.05) is 37.3 Å². The number of methoxy groups -OCH3 is 1. The van der Waals surface area contributed by atoms with E-state index in [2.05, 4.69) is 11.4 Å². The minimum atomic E-state index is -0.221. The van der Waals surface area contributed by atoms with Gasteiger partial charge in [0.15, 0.2) is 18.1 Å². The summed E-state index contributed by atoms with van der Waals surface area (Å²) in [6.45, 7) is 2.96. The van der Waals surface area contributed by atoms with E-state index in [0.29, 0.717) is 36.8 Å². The number of hydrogen-bond donors (Lipinski definition) is 1. The van der Waals surface area contributed by atoms with E-state index in [0.717, 1.165) is 17.5 Å². The predicted molar refractivity (Wildman–Crippen MR) is 102 cm³/mol. The van der Waals surface area contributed by atoms with Crippen LogP contribution in [0.1, 0.15) is 24.5 Å². The van der Waals surface area contributed by atoms with E-state index in [1.165, 1.54) is 0 Å². The highest BCUT2D eigenvalue weighted by Crippen LogP contribution is 2.28. The average molecular weight is 368 g/mol. The fourth-order valence-electron chi connectivity index (χ4n) is 2.35. The van der Waals surface area contributed by atoms with Gasteiger partial charge in [0.2, 0.25) is 0 Å². The molecule has 142 valence electrons. The number of benzene rings is 2. The van der Waals surface area contributed by atoms with Gasteiger partial charge in [0.1, 0.15) is 5.75 Å². The van der Waals surface area contributed by atoms with Gasteiger partial charge in [0.05, 0.1) is 26.2 Å². The molecule has 0 unspecified atom stereocenters. The van der Waals surface area contributed by atoms with Gasteiger partial charge in [-0.15, -0.1) is 0 Å². The molecule has 0 atom stereocenters. The molecular weight excluding hydrogens is 344 g/mol. The van der Waals surface area contributed by atoms with Crippen molar-refractivity contribution in [2.45, 2.75) is 26.3 Å². The third-order valence-corrected chi connectivity index (χ3v) is 3.76. The second-order valence-corrected chi connectivity index (χ2v) is 5.88. The molecule has 0 saturated heterocycles. The number of nitrogens with one attached hydrogen (secondary N) is 1. The molecule has 6 nitrogen and oxygen atoms in total. The van der Waals surface area contributed by atoms with Crippen molar-refractivity contribution in [3.63, 3.8) is 0 Å². The highest BCUT2D eigenvalue weighted by Gasteiger charge is 2.08. The maximum Gasteiger partial charge on any atom is 0.258 e. The van der Waals surface area contributed by atoms with Crippen molar-refractivity contribution in [1.82, 2.24) is 5.32 Å². The third-order valence-electron chi connectivity index (χ3n) is 3.76. The largest absolute Gasteiger partial charge is 0.493 e. The van der Waals surface area contributed by atoms with Crippen LogP contribution in [0.25, 0.3) is 0 Å². The number of nitrogens with zero attached hydrogens (tertiary/aromatic N) is 1. The first-order valence-corrected chi connectivity index (χ1v) is 8.81. The Hall–Kier alpha value is -3.20. The van der Waals surface area contributed by atoms with Crippen molar-refractivity contribution in [2.75, 3.05) is 20.3 Å². The first-order valence-electron chi connectivity index (χ1n) is 8.81. The summed E-state index contributed by atoms with van der Waals surface area (Å²) >= 11 is 0. The molecule has 0 aliphatic heterocycles. The maximum atomic E-state index is 12.0. The zero-order chi connectivity index (χ0) is 19.5. The van der Waals surface area contributed by atoms with Crippen molar-refractivity contribution in [3.05, 3.63) is 53.6 Å². The van der Waals surface area contributed by atoms with Gasteiger partial charge in [-0.2, -0.15) is 5.26 Å². The molecule has 1 N–H and O–H groups in total. The van der Waals surface area contributed by atoms with E-state index in [4.69, 9.17) is 19.5 Å². The lowest BCUT2D eigenvalue weighted by Gasteiger charge is -2.12. The van der Waals surface area contributed by atoms with E-state index in [1.54, 1.807) is 19.2 Å². The first-order chi connectivity index (χ1) is 13.2. The van der Waals surface area contributed by atoms with Gasteiger partial charge in [0, 0.05) is 6.54 Å². The fourth-order valence-corrected chi connectivity index (χ4v) is 2.35. The summed E-state index contributed by atoms with van der Waals surface area (Å²) in [6, 6.07) is 14.8. The molecule has 0 bridgehead atoms. The maximum absolute atomic E-state index is 12.0. The third kappa shape index (κ3) is 6.55. The minimum absolute atomic E-state index is 0.0770. The van der Waals surface area contributed by atoms with Crippen LogP contribution in [-0.4, -0.2) is 26.2 Å². The van der Waals surface area contributed by atoms with E-state index >= 15 is 0 Å². The molecule has 0 heterocycles. The Bertz CT molecular complexity index is 782. The van der Waals surface area contributed by atoms with Gasteiger partial charge in [-0.25, -0.2) is 0 Å². The Kier molecular flexibility index (Phi) is 7.98. The van der Waals surface area contributed by atoms with Crippen LogP contribution in [-0.2, 0) is 17.8 Å². The highest BCUT2D eigenvalue weighted by molar-refractivity contribution is 5.77. The smallest absolute Gasteiger partial charge is 0.258 e. The quantitative estimate of drug-likeness (QED) is 0.696. The standard InChI is InChI=1S/C21H24N2O4/c1-3-12-26-19-9-6-17(13-20(19)25-2)14-23-21(24)15-27-18-7-4-16(5-8-18)10-11-22/h4-9,13H,3,10,12,14-15H2,1-2H3,(H,23,24). The van der Waals surface area contributed by atoms with Crippen molar-refractivity contribution >= 4 is 5.91 Å². The van der Waals surface area contributed by atoms with Crippen molar-refractivity contribution < 1.29 is 19.0 Å². The average Bonchev–Trinajstić information content (AvgIpc) is 2.70. The van der Waals surface area contributed by atoms with Gasteiger partial charge >= 0.3 is 0 Å². The van der Waals surface area contributed by atoms with Gasteiger partial charge in [0.25, 0.3) is 5.91 Å². The Morgan fingerprint density at radius 1 is 1.07 bits per heavy atom. The summed E-state index contributed by atoms with van der Waals surface area (Å²) in [4.78, 5) is 12.0. The summed E-state index contributed by atoms with van der Waals surface area (Å²) in [7, 11) is 1.59. The molecule has 2 rings (SSSR count). The Labute approximate surface area is 159 Å². The molecule has 0 aliphatic carbocycles. The molecule has 2 aromatic carbocycles. The molecule has 0 aliphatic rings. The topological polar surface area (TPSA) is 80.6 Å². The Morgan fingerprint density at radius 2 is 1.81 bits per heavy atom. The number of carbonyl (C=O) groups is 1. The van der Waals surface area contributed by atoms with Crippen LogP contribution in [0.5, 0.6) is 17.2 Å². The number of carbonyl (C=O) groups excluding carboxylic acids is 1. The van der Waals surface area contributed by atoms with Crippen LogP contribution in [0.2, 0.25) is 0 Å². The number of amides is 1. The Balaban J connectivity index is 1.81. The summed E-state index contributed by atoms with van der Waals surface area (Å²) < 4.78 is 16.4. The van der Waals surface area contributed by atoms with Crippen molar-refractivity contribution in [1.29, 1.82) is 5.26 Å². The normalized spacial score (nSPS) is 9.96. The first kappa shape index (κ1) is 20.1. The SMILES string of the molecule is CCCOc1ccc(CNC(=O)COc2ccc(CC#N)cc2)cc1OC. The van der Waals surface area contributed by atoms with Crippen LogP contribution in [0.4, 0.5) is 0 Å². The molecule has 6 heteroatoms. The molecule has 0 spiro atoms. The number of hydrogen-bond acceptors (Lipinski definition) is 5. The molecule has 1 amide bonds. The summed E-state index contributed by atoms with van der Waals surface area (Å²) in [5.41, 5.74) is 1.82. The van der Waals surface area contributed by atoms with Crippen LogP contribution in [0.3, 0.4) is 0 Å². The van der Waals surface area contributed by atoms with E-state index < -0.39 is 0 Å². The lowest BCUT2D eigenvalue weighted by molar-refractivity contribution is -0.123. The number of ether oxygens (including phenoxy) is 3. The fraction of sp³-hybridized carbons (Fsp3) is 0.333. The van der Waals surface area contributed by atoms with Gasteiger partial charge in [-0.3, -0.25) is 4.79 Å². The van der Waals surface area contributed by atoms with Crippen LogP contribution < -0.4 is 19.5 Å². The molecule has 2 aromatic rings. The van der Waals surface area contributed by atoms with Gasteiger partial charge < -0.3 is 19.5 Å². The summed E-state index contributed by atoms with van der Waals surface area (Å²) in [5.74, 6) is 1.70. The minimum Gasteiger partial charge on any atom is -0.493 e. The molecule has 27 heavy (non-hydrogen) atoms. The van der Waals surface area contributed by atoms with Crippen LogP contribution in [0, 0.1) is 11.3 Å². The van der Waals surface area contributed by atoms with Crippen molar-refractivity contribution in [2.24, 2.45) is 0 Å². The molecule has 0 radical (unpaired) electrons. The lowest BCUT2D eigenvalue weighted by atomic mass is 10.2. The monoisotopic (exact) mass is 368 g/mol. The number of nitriles is 1. The van der Waals surface area contributed by atoms with E-state index in [-0.39, 0.29) is 12.5 Å². The Morgan fingerprint density at radius 3 is 2.48 bits per heavy atom. The summed E-state index contributed by atoms with van der Waals surface area (Å²) in [6.07, 6.45) is 1.27. The number of rotatable bonds is 10. The zero-order valence-electron chi connectivity index (χ0n) is 15.7. The molecule has 0 fully saturated rings. The zero-order valence-corrected chi connectivity index (χ0v) is 15.7. The molecule has 0 aromatic heterocycles. The summed E-state index contributed by atoms with van der Waals surface area (Å²) in [5, 5.41) is 11.5. The van der Waals surface area contributed by atoms with Crippen molar-refractivity contribution in [3.8, 4) is 23.3 Å². The second kappa shape index (κ2) is 10.7.